The molecule has 0 rings (SSSR count). The molecule has 0 aliphatic heterocycles. The summed E-state index contributed by atoms with van der Waals surface area (Å²) in [5.74, 6) is -1.79. The highest BCUT2D eigenvalue weighted by Crippen LogP contribution is 1.87. The number of nitrogens with one attached hydrogen (secondary N) is 2. The van der Waals surface area contributed by atoms with Crippen molar-refractivity contribution >= 4 is 17.8 Å². The Bertz CT molecular complexity index is 215. The van der Waals surface area contributed by atoms with E-state index in [9.17, 15) is 14.4 Å². The molecule has 0 atom stereocenters. The molecule has 0 saturated carbocycles. The van der Waals surface area contributed by atoms with E-state index in [1.165, 1.54) is 7.05 Å². The predicted octanol–water partition coefficient (Wildman–Crippen LogP) is -1.29. The van der Waals surface area contributed by atoms with E-state index in [0.717, 1.165) is 0 Å². The molecule has 2 amide bonds. The molecule has 3 N–H and O–H groups in total. The van der Waals surface area contributed by atoms with E-state index < -0.39 is 11.9 Å². The van der Waals surface area contributed by atoms with Crippen LogP contribution < -0.4 is 10.6 Å². The van der Waals surface area contributed by atoms with Gasteiger partial charge >= 0.3 is 5.97 Å². The Morgan fingerprint density at radius 1 is 1.15 bits per heavy atom. The van der Waals surface area contributed by atoms with Gasteiger partial charge in [0.1, 0.15) is 0 Å². The van der Waals surface area contributed by atoms with E-state index in [1.54, 1.807) is 0 Å². The Labute approximate surface area is 75.3 Å². The maximum absolute atomic E-state index is 10.8. The van der Waals surface area contributed by atoms with Gasteiger partial charge in [-0.3, -0.25) is 14.4 Å². The smallest absolute Gasteiger partial charge is 0.303 e. The summed E-state index contributed by atoms with van der Waals surface area (Å²) in [6, 6.07) is 0. The fraction of sp³-hybridized carbons (Fsp3) is 0.571. The molecule has 0 aromatic rings. The molecular formula is C7H12N2O4. The molecular weight excluding hydrogens is 176 g/mol. The van der Waals surface area contributed by atoms with Crippen molar-refractivity contribution in [1.29, 1.82) is 0 Å². The Morgan fingerprint density at radius 3 is 2.23 bits per heavy atom. The van der Waals surface area contributed by atoms with E-state index in [-0.39, 0.29) is 25.3 Å². The molecule has 0 aliphatic carbocycles. The van der Waals surface area contributed by atoms with Gasteiger partial charge in [0.2, 0.25) is 11.8 Å². The van der Waals surface area contributed by atoms with Gasteiger partial charge in [0.25, 0.3) is 0 Å². The molecule has 0 aromatic carbocycles. The number of carbonyl (C=O) groups is 3. The first-order chi connectivity index (χ1) is 6.06. The number of carbonyl (C=O) groups excluding carboxylic acids is 2. The summed E-state index contributed by atoms with van der Waals surface area (Å²) < 4.78 is 0. The molecule has 6 heteroatoms. The van der Waals surface area contributed by atoms with Crippen LogP contribution in [0.5, 0.6) is 0 Å². The third-order valence-electron chi connectivity index (χ3n) is 1.29. The minimum Gasteiger partial charge on any atom is -0.481 e. The molecule has 6 nitrogen and oxygen atoms in total. The lowest BCUT2D eigenvalue weighted by Gasteiger charge is -2.01. The highest BCUT2D eigenvalue weighted by Gasteiger charge is 2.05. The number of carboxylic acid groups (broad SMARTS) is 1. The van der Waals surface area contributed by atoms with Crippen molar-refractivity contribution in [2.45, 2.75) is 12.8 Å². The van der Waals surface area contributed by atoms with Gasteiger partial charge in [-0.25, -0.2) is 0 Å². The second-order valence-corrected chi connectivity index (χ2v) is 2.34. The van der Waals surface area contributed by atoms with Crippen molar-refractivity contribution in [2.75, 3.05) is 13.6 Å². The van der Waals surface area contributed by atoms with E-state index in [2.05, 4.69) is 10.6 Å². The zero-order valence-corrected chi connectivity index (χ0v) is 7.29. The van der Waals surface area contributed by atoms with E-state index in [1.807, 2.05) is 0 Å². The summed E-state index contributed by atoms with van der Waals surface area (Å²) in [5, 5.41) is 12.8. The summed E-state index contributed by atoms with van der Waals surface area (Å²) in [7, 11) is 1.45. The van der Waals surface area contributed by atoms with Gasteiger partial charge in [-0.2, -0.15) is 0 Å². The van der Waals surface area contributed by atoms with Crippen LogP contribution in [-0.2, 0) is 14.4 Å². The molecule has 0 unspecified atom stereocenters. The van der Waals surface area contributed by atoms with Crippen LogP contribution in [0, 0.1) is 0 Å². The SMILES string of the molecule is CNC(=O)CNC(=O)CCC(=O)O. The zero-order chi connectivity index (χ0) is 10.3. The Morgan fingerprint density at radius 2 is 1.77 bits per heavy atom. The second-order valence-electron chi connectivity index (χ2n) is 2.34. The van der Waals surface area contributed by atoms with Crippen LogP contribution in [0.15, 0.2) is 0 Å². The average Bonchev–Trinajstić information content (AvgIpc) is 2.10. The van der Waals surface area contributed by atoms with Gasteiger partial charge in [0.05, 0.1) is 13.0 Å². The molecule has 0 aliphatic rings. The fourth-order valence-corrected chi connectivity index (χ4v) is 0.576. The quantitative estimate of drug-likeness (QED) is 0.500. The number of amides is 2. The molecule has 0 saturated heterocycles. The summed E-state index contributed by atoms with van der Waals surface area (Å²) in [4.78, 5) is 31.5. The van der Waals surface area contributed by atoms with Gasteiger partial charge in [-0.1, -0.05) is 0 Å². The standard InChI is InChI=1S/C7H12N2O4/c1-8-6(11)4-9-5(10)2-3-7(12)13/h2-4H2,1H3,(H,8,11)(H,9,10)(H,12,13). The lowest BCUT2D eigenvalue weighted by molar-refractivity contribution is -0.138. The number of carboxylic acids is 1. The maximum Gasteiger partial charge on any atom is 0.303 e. The highest BCUT2D eigenvalue weighted by molar-refractivity contribution is 5.85. The normalized spacial score (nSPS) is 9.00. The van der Waals surface area contributed by atoms with Crippen molar-refractivity contribution in [3.63, 3.8) is 0 Å². The average molecular weight is 188 g/mol. The van der Waals surface area contributed by atoms with Crippen molar-refractivity contribution in [3.8, 4) is 0 Å². The Balaban J connectivity index is 3.52. The largest absolute Gasteiger partial charge is 0.481 e. The van der Waals surface area contributed by atoms with Crippen LogP contribution in [0.4, 0.5) is 0 Å². The zero-order valence-electron chi connectivity index (χ0n) is 7.29. The van der Waals surface area contributed by atoms with Crippen LogP contribution in [0.25, 0.3) is 0 Å². The monoisotopic (exact) mass is 188 g/mol. The number of hydrogen-bond donors (Lipinski definition) is 3. The van der Waals surface area contributed by atoms with Gasteiger partial charge in [-0.15, -0.1) is 0 Å². The van der Waals surface area contributed by atoms with Gasteiger partial charge in [0.15, 0.2) is 0 Å². The minimum atomic E-state index is -1.03. The summed E-state index contributed by atoms with van der Waals surface area (Å²) in [5.41, 5.74) is 0. The van der Waals surface area contributed by atoms with Crippen molar-refractivity contribution in [2.24, 2.45) is 0 Å². The van der Waals surface area contributed by atoms with Gasteiger partial charge in [-0.05, 0) is 0 Å². The van der Waals surface area contributed by atoms with Gasteiger partial charge < -0.3 is 15.7 Å². The number of aliphatic carboxylic acids is 1. The molecule has 0 heterocycles. The first-order valence-electron chi connectivity index (χ1n) is 3.75. The number of rotatable bonds is 5. The predicted molar refractivity (Wildman–Crippen MR) is 43.9 cm³/mol. The summed E-state index contributed by atoms with van der Waals surface area (Å²) in [6.07, 6.45) is -0.327. The summed E-state index contributed by atoms with van der Waals surface area (Å²) >= 11 is 0. The van der Waals surface area contributed by atoms with Gasteiger partial charge in [0, 0.05) is 13.5 Å². The van der Waals surface area contributed by atoms with Crippen LogP contribution in [-0.4, -0.2) is 36.5 Å². The highest BCUT2D eigenvalue weighted by atomic mass is 16.4. The lowest BCUT2D eigenvalue weighted by atomic mass is 10.3. The third-order valence-corrected chi connectivity index (χ3v) is 1.29. The van der Waals surface area contributed by atoms with Crippen molar-refractivity contribution < 1.29 is 19.5 Å². The summed E-state index contributed by atoms with van der Waals surface area (Å²) in [6.45, 7) is -0.116. The first-order valence-corrected chi connectivity index (χ1v) is 3.75. The molecule has 0 radical (unpaired) electrons. The minimum absolute atomic E-state index is 0.105. The Hall–Kier alpha value is -1.59. The lowest BCUT2D eigenvalue weighted by Crippen LogP contribution is -2.35. The topological polar surface area (TPSA) is 95.5 Å². The van der Waals surface area contributed by atoms with E-state index in [0.29, 0.717) is 0 Å². The third kappa shape index (κ3) is 6.79. The molecule has 0 aromatic heterocycles. The fourth-order valence-electron chi connectivity index (χ4n) is 0.576. The number of hydrogen-bond acceptors (Lipinski definition) is 3. The maximum atomic E-state index is 10.8. The molecule has 0 spiro atoms. The van der Waals surface area contributed by atoms with Crippen LogP contribution in [0.2, 0.25) is 0 Å². The van der Waals surface area contributed by atoms with E-state index in [4.69, 9.17) is 5.11 Å². The molecule has 13 heavy (non-hydrogen) atoms. The van der Waals surface area contributed by atoms with Crippen LogP contribution in [0.1, 0.15) is 12.8 Å². The Kier molecular flexibility index (Phi) is 5.25. The first kappa shape index (κ1) is 11.4. The number of likely N-dealkylation sites (N-methyl/N-ethyl adjacent to an activating group) is 1. The van der Waals surface area contributed by atoms with E-state index >= 15 is 0 Å². The van der Waals surface area contributed by atoms with Crippen molar-refractivity contribution in [3.05, 3.63) is 0 Å². The van der Waals surface area contributed by atoms with Crippen LogP contribution >= 0.6 is 0 Å². The second kappa shape index (κ2) is 5.99. The molecule has 74 valence electrons. The molecule has 0 fully saturated rings. The van der Waals surface area contributed by atoms with Crippen molar-refractivity contribution in [1.82, 2.24) is 10.6 Å². The van der Waals surface area contributed by atoms with Crippen LogP contribution in [0.3, 0.4) is 0 Å². The molecule has 0 bridgehead atoms.